The minimum Gasteiger partial charge on any atom is -0.489 e. The van der Waals surface area contributed by atoms with Gasteiger partial charge in [-0.3, -0.25) is 4.79 Å². The number of benzene rings is 3. The fraction of sp³-hybridized carbons (Fsp3) is 0.214. The van der Waals surface area contributed by atoms with Crippen molar-refractivity contribution < 1.29 is 14.3 Å². The van der Waals surface area contributed by atoms with E-state index < -0.39 is 0 Å². The first-order valence-electron chi connectivity index (χ1n) is 11.3. The van der Waals surface area contributed by atoms with Gasteiger partial charge in [0.1, 0.15) is 30.0 Å². The maximum Gasteiger partial charge on any atom is 0.163 e. The van der Waals surface area contributed by atoms with Crippen molar-refractivity contribution in [3.63, 3.8) is 0 Å². The second-order valence-electron chi connectivity index (χ2n) is 8.20. The molecular formula is C28H26N2O3. The van der Waals surface area contributed by atoms with Crippen molar-refractivity contribution in [1.82, 2.24) is 9.97 Å². The highest BCUT2D eigenvalue weighted by molar-refractivity contribution is 5.99. The van der Waals surface area contributed by atoms with Crippen molar-refractivity contribution in [2.24, 2.45) is 0 Å². The first-order valence-corrected chi connectivity index (χ1v) is 11.3. The average molecular weight is 439 g/mol. The van der Waals surface area contributed by atoms with E-state index in [-0.39, 0.29) is 11.9 Å². The molecule has 1 aliphatic carbocycles. The summed E-state index contributed by atoms with van der Waals surface area (Å²) in [5.41, 5.74) is 3.86. The number of H-pyrrole nitrogens is 1. The lowest BCUT2D eigenvalue weighted by Gasteiger charge is -2.25. The Morgan fingerprint density at radius 3 is 2.48 bits per heavy atom. The molecule has 0 radical (unpaired) electrons. The molecule has 5 rings (SSSR count). The van der Waals surface area contributed by atoms with Gasteiger partial charge in [0.05, 0.1) is 0 Å². The van der Waals surface area contributed by atoms with Gasteiger partial charge >= 0.3 is 0 Å². The number of carbonyl (C=O) groups excluding carboxylic acids is 1. The van der Waals surface area contributed by atoms with Gasteiger partial charge in [-0.15, -0.1) is 0 Å². The van der Waals surface area contributed by atoms with Crippen LogP contribution in [-0.2, 0) is 19.4 Å². The van der Waals surface area contributed by atoms with Crippen molar-refractivity contribution in [1.29, 1.82) is 0 Å². The summed E-state index contributed by atoms with van der Waals surface area (Å²) in [6, 6.07) is 23.7. The number of hydrogen-bond acceptors (Lipinski definition) is 4. The van der Waals surface area contributed by atoms with Gasteiger partial charge in [0.15, 0.2) is 5.78 Å². The predicted molar refractivity (Wildman–Crippen MR) is 127 cm³/mol. The lowest BCUT2D eigenvalue weighted by Crippen LogP contribution is -2.18. The van der Waals surface area contributed by atoms with E-state index in [1.165, 1.54) is 0 Å². The number of carbonyl (C=O) groups is 1. The molecule has 0 spiro atoms. The van der Waals surface area contributed by atoms with E-state index in [0.29, 0.717) is 19.4 Å². The summed E-state index contributed by atoms with van der Waals surface area (Å²) in [6.07, 6.45) is 6.23. The van der Waals surface area contributed by atoms with Crippen LogP contribution in [0.25, 0.3) is 0 Å². The summed E-state index contributed by atoms with van der Waals surface area (Å²) in [5, 5.41) is 0. The fourth-order valence-electron chi connectivity index (χ4n) is 4.35. The number of aromatic nitrogens is 2. The Morgan fingerprint density at radius 1 is 0.939 bits per heavy atom. The monoisotopic (exact) mass is 438 g/mol. The minimum absolute atomic E-state index is 0.193. The molecule has 0 saturated heterocycles. The number of ketones is 1. The molecule has 0 saturated carbocycles. The van der Waals surface area contributed by atoms with Crippen LogP contribution in [-0.4, -0.2) is 15.8 Å². The van der Waals surface area contributed by atoms with Gasteiger partial charge in [-0.05, 0) is 48.2 Å². The number of hydrogen-bond donors (Lipinski definition) is 1. The van der Waals surface area contributed by atoms with E-state index in [4.69, 9.17) is 9.47 Å². The number of aromatic amines is 1. The van der Waals surface area contributed by atoms with E-state index in [2.05, 4.69) is 22.1 Å². The number of Topliss-reactive ketones (excluding diaryl/α,β-unsaturated/α-hetero) is 1. The third kappa shape index (κ3) is 4.82. The molecule has 0 aliphatic heterocycles. The zero-order valence-electron chi connectivity index (χ0n) is 18.4. The molecular weight excluding hydrogens is 412 g/mol. The van der Waals surface area contributed by atoms with Crippen LogP contribution in [0.4, 0.5) is 0 Å². The Balaban J connectivity index is 1.50. The molecule has 0 fully saturated rings. The van der Waals surface area contributed by atoms with Gasteiger partial charge in [-0.1, -0.05) is 48.5 Å². The zero-order chi connectivity index (χ0) is 22.5. The molecule has 33 heavy (non-hydrogen) atoms. The van der Waals surface area contributed by atoms with Crippen LogP contribution >= 0.6 is 0 Å². The van der Waals surface area contributed by atoms with Crippen molar-refractivity contribution in [3.05, 3.63) is 113 Å². The summed E-state index contributed by atoms with van der Waals surface area (Å²) >= 11 is 0. The Morgan fingerprint density at radius 2 is 1.73 bits per heavy atom. The quantitative estimate of drug-likeness (QED) is 0.374. The summed E-state index contributed by atoms with van der Waals surface area (Å²) in [5.74, 6) is 2.59. The summed E-state index contributed by atoms with van der Waals surface area (Å²) in [7, 11) is 0. The highest BCUT2D eigenvalue weighted by Gasteiger charge is 2.25. The van der Waals surface area contributed by atoms with Crippen molar-refractivity contribution in [2.75, 3.05) is 0 Å². The molecule has 1 aliphatic rings. The van der Waals surface area contributed by atoms with E-state index in [9.17, 15) is 4.79 Å². The number of rotatable bonds is 8. The molecule has 1 aromatic heterocycles. The number of fused-ring (bicyclic) bond motifs is 1. The molecule has 0 unspecified atom stereocenters. The minimum atomic E-state index is -0.231. The van der Waals surface area contributed by atoms with Gasteiger partial charge in [0.2, 0.25) is 0 Å². The SMILES string of the molecule is O=C1CCCc2c1ccc(O[C@@H](Cc1ncc[nH]1)c1ccccc1)c2COc1ccccc1. The molecule has 5 nitrogen and oxygen atoms in total. The normalized spacial score (nSPS) is 13.9. The van der Waals surface area contributed by atoms with Crippen LogP contribution in [0.3, 0.4) is 0 Å². The molecule has 4 aromatic rings. The molecule has 3 aromatic carbocycles. The smallest absolute Gasteiger partial charge is 0.163 e. The van der Waals surface area contributed by atoms with Crippen LogP contribution < -0.4 is 9.47 Å². The van der Waals surface area contributed by atoms with Crippen LogP contribution in [0.1, 0.15) is 51.8 Å². The molecule has 5 heteroatoms. The molecule has 0 bridgehead atoms. The Kier molecular flexibility index (Phi) is 6.20. The Hall–Kier alpha value is -3.86. The second-order valence-corrected chi connectivity index (χ2v) is 8.20. The lowest BCUT2D eigenvalue weighted by atomic mass is 9.87. The highest BCUT2D eigenvalue weighted by atomic mass is 16.5. The summed E-state index contributed by atoms with van der Waals surface area (Å²) in [4.78, 5) is 20.2. The highest BCUT2D eigenvalue weighted by Crippen LogP contribution is 2.35. The number of ether oxygens (including phenoxy) is 2. The summed E-state index contributed by atoms with van der Waals surface area (Å²) < 4.78 is 12.8. The third-order valence-corrected chi connectivity index (χ3v) is 6.02. The first kappa shape index (κ1) is 21.0. The first-order chi connectivity index (χ1) is 16.3. The molecule has 166 valence electrons. The van der Waals surface area contributed by atoms with E-state index >= 15 is 0 Å². The predicted octanol–water partition coefficient (Wildman–Crippen LogP) is 5.87. The van der Waals surface area contributed by atoms with Crippen molar-refractivity contribution >= 4 is 5.78 Å². The average Bonchev–Trinajstić information content (AvgIpc) is 3.37. The van der Waals surface area contributed by atoms with E-state index in [0.717, 1.165) is 52.4 Å². The van der Waals surface area contributed by atoms with Crippen LogP contribution in [0.5, 0.6) is 11.5 Å². The van der Waals surface area contributed by atoms with Crippen LogP contribution in [0.15, 0.2) is 85.2 Å². The van der Waals surface area contributed by atoms with E-state index in [1.54, 1.807) is 6.20 Å². The topological polar surface area (TPSA) is 64.2 Å². The standard InChI is InChI=1S/C28H26N2O3/c31-25-13-7-12-22-23(25)14-15-26(24(22)19-32-21-10-5-2-6-11-21)33-27(18-28-29-16-17-30-28)20-8-3-1-4-9-20/h1-6,8-11,14-17,27H,7,12-13,18-19H2,(H,29,30)/t27-/m0/s1. The van der Waals surface area contributed by atoms with Gasteiger partial charge < -0.3 is 14.5 Å². The van der Waals surface area contributed by atoms with Crippen molar-refractivity contribution in [3.8, 4) is 11.5 Å². The molecule has 1 atom stereocenters. The van der Waals surface area contributed by atoms with E-state index in [1.807, 2.05) is 66.9 Å². The van der Waals surface area contributed by atoms with Gasteiger partial charge in [0.25, 0.3) is 0 Å². The molecule has 0 amide bonds. The van der Waals surface area contributed by atoms with Crippen LogP contribution in [0, 0.1) is 0 Å². The lowest BCUT2D eigenvalue weighted by molar-refractivity contribution is 0.0971. The number of para-hydroxylation sites is 1. The number of nitrogens with zero attached hydrogens (tertiary/aromatic N) is 1. The van der Waals surface area contributed by atoms with Crippen LogP contribution in [0.2, 0.25) is 0 Å². The maximum atomic E-state index is 12.6. The third-order valence-electron chi connectivity index (χ3n) is 6.02. The van der Waals surface area contributed by atoms with Crippen molar-refractivity contribution in [2.45, 2.75) is 38.4 Å². The van der Waals surface area contributed by atoms with Gasteiger partial charge in [-0.25, -0.2) is 4.98 Å². The number of nitrogens with one attached hydrogen (secondary N) is 1. The van der Waals surface area contributed by atoms with Gasteiger partial charge in [0, 0.05) is 36.4 Å². The maximum absolute atomic E-state index is 12.6. The largest absolute Gasteiger partial charge is 0.489 e. The molecule has 1 heterocycles. The van der Waals surface area contributed by atoms with Gasteiger partial charge in [-0.2, -0.15) is 0 Å². The fourth-order valence-corrected chi connectivity index (χ4v) is 4.35. The summed E-state index contributed by atoms with van der Waals surface area (Å²) in [6.45, 7) is 0.345. The second kappa shape index (κ2) is 9.74. The Labute approximate surface area is 193 Å². The zero-order valence-corrected chi connectivity index (χ0v) is 18.4. The number of imidazole rings is 1. The Bertz CT molecular complexity index is 1200. The molecule has 1 N–H and O–H groups in total.